The fourth-order valence-electron chi connectivity index (χ4n) is 8.07. The Morgan fingerprint density at radius 1 is 0.393 bits per heavy atom. The van der Waals surface area contributed by atoms with Gasteiger partial charge in [-0.15, -0.1) is 0 Å². The lowest BCUT2D eigenvalue weighted by Gasteiger charge is -2.22. The van der Waals surface area contributed by atoms with Gasteiger partial charge in [-0.2, -0.15) is 0 Å². The highest BCUT2D eigenvalue weighted by molar-refractivity contribution is 6.03. The van der Waals surface area contributed by atoms with Gasteiger partial charge in [-0.05, 0) is 151 Å². The van der Waals surface area contributed by atoms with Crippen molar-refractivity contribution < 1.29 is 4.39 Å². The van der Waals surface area contributed by atoms with E-state index in [2.05, 4.69) is 183 Å². The molecule has 61 heavy (non-hydrogen) atoms. The largest absolute Gasteiger partial charge is 0.207 e. The SMILES string of the molecule is CC.Cc1ccc(C)cc1.Cc1ccc(F)cc1C.Cc1ccc2c(c1)C(C)(C)c1cc(C)c3ccccc3c1-2.Cc1cccc2c1Cc1ccccc1-2.Cc1ccccc1. The highest BCUT2D eigenvalue weighted by atomic mass is 19.1. The summed E-state index contributed by atoms with van der Waals surface area (Å²) < 4.78 is 12.3. The van der Waals surface area contributed by atoms with Gasteiger partial charge in [0.05, 0.1) is 0 Å². The summed E-state index contributed by atoms with van der Waals surface area (Å²) in [7, 11) is 0. The normalized spacial score (nSPS) is 11.8. The van der Waals surface area contributed by atoms with Crippen molar-refractivity contribution in [3.8, 4) is 22.3 Å². The molecule has 0 amide bonds. The van der Waals surface area contributed by atoms with Gasteiger partial charge in [-0.25, -0.2) is 4.39 Å². The molecule has 0 aromatic heterocycles. The summed E-state index contributed by atoms with van der Waals surface area (Å²) in [6.45, 7) is 25.5. The zero-order valence-electron chi connectivity index (χ0n) is 38.7. The van der Waals surface area contributed by atoms with Gasteiger partial charge < -0.3 is 0 Å². The molecule has 0 unspecified atom stereocenters. The maximum Gasteiger partial charge on any atom is 0.123 e. The van der Waals surface area contributed by atoms with Crippen LogP contribution in [0.3, 0.4) is 0 Å². The van der Waals surface area contributed by atoms with Crippen LogP contribution in [0.15, 0.2) is 164 Å². The third kappa shape index (κ3) is 11.2. The number of halogens is 1. The molecule has 8 aromatic rings. The van der Waals surface area contributed by atoms with Crippen LogP contribution in [-0.4, -0.2) is 0 Å². The van der Waals surface area contributed by atoms with Crippen molar-refractivity contribution in [3.63, 3.8) is 0 Å². The average Bonchev–Trinajstić information content (AvgIpc) is 3.75. The van der Waals surface area contributed by atoms with Gasteiger partial charge in [0.1, 0.15) is 5.82 Å². The summed E-state index contributed by atoms with van der Waals surface area (Å²) in [6.07, 6.45) is 1.11. The monoisotopic (exact) mass is 805 g/mol. The molecule has 0 bridgehead atoms. The molecule has 0 N–H and O–H groups in total. The van der Waals surface area contributed by atoms with E-state index in [4.69, 9.17) is 0 Å². The van der Waals surface area contributed by atoms with Crippen LogP contribution in [0.4, 0.5) is 4.39 Å². The molecule has 0 spiro atoms. The Hall–Kier alpha value is -6.05. The molecule has 0 saturated heterocycles. The molecule has 312 valence electrons. The number of benzene rings is 8. The van der Waals surface area contributed by atoms with E-state index >= 15 is 0 Å². The van der Waals surface area contributed by atoms with Crippen LogP contribution in [0.2, 0.25) is 0 Å². The molecular formula is C60H65F. The smallest absolute Gasteiger partial charge is 0.123 e. The molecule has 0 aliphatic heterocycles. The molecule has 0 fully saturated rings. The highest BCUT2D eigenvalue weighted by Crippen LogP contribution is 2.52. The molecular weight excluding hydrogens is 740 g/mol. The molecule has 8 aromatic carbocycles. The predicted octanol–water partition coefficient (Wildman–Crippen LogP) is 17.1. The van der Waals surface area contributed by atoms with Crippen molar-refractivity contribution in [3.05, 3.63) is 236 Å². The maximum atomic E-state index is 12.3. The van der Waals surface area contributed by atoms with Gasteiger partial charge in [0.15, 0.2) is 0 Å². The molecule has 0 saturated carbocycles. The first-order valence-corrected chi connectivity index (χ1v) is 21.8. The molecule has 1 heteroatoms. The number of rotatable bonds is 0. The Bertz CT molecular complexity index is 2660. The number of hydrogen-bond donors (Lipinski definition) is 0. The van der Waals surface area contributed by atoms with E-state index < -0.39 is 0 Å². The second-order valence-corrected chi connectivity index (χ2v) is 16.8. The van der Waals surface area contributed by atoms with Crippen molar-refractivity contribution in [1.82, 2.24) is 0 Å². The molecule has 2 aliphatic carbocycles. The minimum Gasteiger partial charge on any atom is -0.207 e. The van der Waals surface area contributed by atoms with Gasteiger partial charge in [-0.1, -0.05) is 202 Å². The number of fused-ring (bicyclic) bond motifs is 8. The fraction of sp³-hybridized carbons (Fsp3) is 0.233. The quantitative estimate of drug-likeness (QED) is 0.143. The third-order valence-corrected chi connectivity index (χ3v) is 11.8. The van der Waals surface area contributed by atoms with Gasteiger partial charge in [-0.3, -0.25) is 0 Å². The van der Waals surface area contributed by atoms with Gasteiger partial charge in [0.2, 0.25) is 0 Å². The summed E-state index contributed by atoms with van der Waals surface area (Å²) in [4.78, 5) is 0. The molecule has 0 heterocycles. The Morgan fingerprint density at radius 3 is 1.56 bits per heavy atom. The Morgan fingerprint density at radius 2 is 0.951 bits per heavy atom. The third-order valence-electron chi connectivity index (χ3n) is 11.8. The summed E-state index contributed by atoms with van der Waals surface area (Å²) >= 11 is 0. The van der Waals surface area contributed by atoms with E-state index in [1.807, 2.05) is 45.9 Å². The molecule has 0 nitrogen and oxygen atoms in total. The van der Waals surface area contributed by atoms with Crippen molar-refractivity contribution in [2.75, 3.05) is 0 Å². The molecule has 2 aliphatic rings. The maximum absolute atomic E-state index is 12.3. The Balaban J connectivity index is 0.000000153. The predicted molar refractivity (Wildman–Crippen MR) is 265 cm³/mol. The second kappa shape index (κ2) is 21.0. The van der Waals surface area contributed by atoms with E-state index in [0.717, 1.165) is 17.5 Å². The van der Waals surface area contributed by atoms with Crippen LogP contribution in [0.5, 0.6) is 0 Å². The summed E-state index contributed by atoms with van der Waals surface area (Å²) in [5, 5.41) is 2.77. The topological polar surface area (TPSA) is 0 Å². The lowest BCUT2D eigenvalue weighted by molar-refractivity contribution is 0.626. The van der Waals surface area contributed by atoms with Gasteiger partial charge in [0, 0.05) is 5.41 Å². The summed E-state index contributed by atoms with van der Waals surface area (Å²) in [5.74, 6) is -0.155. The van der Waals surface area contributed by atoms with Crippen LogP contribution in [0, 0.1) is 61.2 Å². The van der Waals surface area contributed by atoms with Gasteiger partial charge in [0.25, 0.3) is 0 Å². The first kappa shape index (κ1) is 46.0. The van der Waals surface area contributed by atoms with Crippen molar-refractivity contribution >= 4 is 10.8 Å². The fourth-order valence-corrected chi connectivity index (χ4v) is 8.07. The van der Waals surface area contributed by atoms with Crippen LogP contribution < -0.4 is 0 Å². The minimum atomic E-state index is -0.155. The Kier molecular flexibility index (Phi) is 15.8. The van der Waals surface area contributed by atoms with E-state index in [0.29, 0.717) is 0 Å². The van der Waals surface area contributed by atoms with Crippen LogP contribution in [0.1, 0.15) is 94.5 Å². The number of aryl methyl sites for hydroxylation is 8. The van der Waals surface area contributed by atoms with Crippen LogP contribution >= 0.6 is 0 Å². The van der Waals surface area contributed by atoms with Crippen molar-refractivity contribution in [1.29, 1.82) is 0 Å². The minimum absolute atomic E-state index is 0.0888. The van der Waals surface area contributed by atoms with Gasteiger partial charge >= 0.3 is 0 Å². The van der Waals surface area contributed by atoms with E-state index in [1.165, 1.54) is 101 Å². The molecule has 0 atom stereocenters. The van der Waals surface area contributed by atoms with E-state index in [9.17, 15) is 4.39 Å². The average molecular weight is 805 g/mol. The number of hydrogen-bond acceptors (Lipinski definition) is 0. The van der Waals surface area contributed by atoms with E-state index in [1.54, 1.807) is 6.07 Å². The molecule has 10 rings (SSSR count). The van der Waals surface area contributed by atoms with Crippen molar-refractivity contribution in [2.45, 2.75) is 94.9 Å². The zero-order chi connectivity index (χ0) is 44.3. The second-order valence-electron chi connectivity index (χ2n) is 16.8. The lowest BCUT2D eigenvalue weighted by Crippen LogP contribution is -2.15. The molecule has 0 radical (unpaired) electrons. The van der Waals surface area contributed by atoms with Crippen LogP contribution in [-0.2, 0) is 11.8 Å². The first-order valence-electron chi connectivity index (χ1n) is 21.8. The van der Waals surface area contributed by atoms with Crippen molar-refractivity contribution in [2.24, 2.45) is 0 Å². The first-order chi connectivity index (χ1) is 29.2. The van der Waals surface area contributed by atoms with E-state index in [-0.39, 0.29) is 11.2 Å². The lowest BCUT2D eigenvalue weighted by atomic mass is 9.81. The zero-order valence-corrected chi connectivity index (χ0v) is 38.7. The Labute approximate surface area is 367 Å². The standard InChI is InChI=1S/C21H20.C14H12.C8H9F.C8H10.C7H8.C2H6/c1-13-9-10-17-18(11-13)21(3,4)19-12-14(2)15-7-5-6-8-16(15)20(17)19;1-10-5-4-8-13-12-7-3-2-6-11(12)9-14(10)13;1-6-3-4-8(9)5-7(6)2;1-7-3-5-8(2)6-4-7;1-7-5-3-2-4-6-7;1-2/h5-12H,1-4H3;2-8H,9H2,1H3;3-5H,1-2H3;3-6H,1-2H3;2-6H,1H3;1-2H3. The summed E-state index contributed by atoms with van der Waals surface area (Å²) in [6, 6.07) is 56.9. The van der Waals surface area contributed by atoms with Crippen LogP contribution in [0.25, 0.3) is 33.0 Å². The highest BCUT2D eigenvalue weighted by Gasteiger charge is 2.36. The summed E-state index contributed by atoms with van der Waals surface area (Å²) in [5.41, 5.74) is 22.0.